The molecule has 3 amide bonds. The molecule has 0 heterocycles. The molecule has 3 aromatic rings. The van der Waals surface area contributed by atoms with Crippen molar-refractivity contribution in [2.75, 3.05) is 10.6 Å². The summed E-state index contributed by atoms with van der Waals surface area (Å²) in [5, 5.41) is 8.79. The first-order valence-corrected chi connectivity index (χ1v) is 9.77. The van der Waals surface area contributed by atoms with Crippen LogP contribution in [0.3, 0.4) is 0 Å². The molecule has 0 aromatic heterocycles. The summed E-state index contributed by atoms with van der Waals surface area (Å²) in [7, 11) is 0. The van der Waals surface area contributed by atoms with E-state index in [4.69, 9.17) is 0 Å². The maximum absolute atomic E-state index is 12.9. The first-order valence-electron chi connectivity index (χ1n) is 8.98. The van der Waals surface area contributed by atoms with Crippen molar-refractivity contribution in [2.24, 2.45) is 5.10 Å². The Bertz CT molecular complexity index is 1130. The van der Waals surface area contributed by atoms with E-state index in [-0.39, 0.29) is 11.3 Å². The standard InChI is InChI=1S/C22H16BrFN4O3/c23-15-7-11-17(12-8-15)26-20(29)18-3-1-2-4-19(18)27-21(30)22(31)28-25-13-14-5-9-16(24)10-6-14/h1-13H,(H,26,29)(H,27,30)(H,28,31). The Morgan fingerprint density at radius 3 is 2.23 bits per heavy atom. The molecule has 0 aliphatic heterocycles. The van der Waals surface area contributed by atoms with Crippen LogP contribution in [0.2, 0.25) is 0 Å². The molecule has 0 saturated carbocycles. The number of nitrogens with one attached hydrogen (secondary N) is 3. The fourth-order valence-corrected chi connectivity index (χ4v) is 2.73. The van der Waals surface area contributed by atoms with Gasteiger partial charge in [0.05, 0.1) is 17.5 Å². The van der Waals surface area contributed by atoms with Gasteiger partial charge in [0.15, 0.2) is 0 Å². The van der Waals surface area contributed by atoms with Gasteiger partial charge in [-0.2, -0.15) is 5.10 Å². The molecule has 3 rings (SSSR count). The molecule has 3 N–H and O–H groups in total. The number of halogens is 2. The Morgan fingerprint density at radius 2 is 1.52 bits per heavy atom. The Kier molecular flexibility index (Phi) is 7.23. The lowest BCUT2D eigenvalue weighted by molar-refractivity contribution is -0.136. The third-order valence-corrected chi connectivity index (χ3v) is 4.51. The van der Waals surface area contributed by atoms with Crippen LogP contribution in [0.15, 0.2) is 82.4 Å². The van der Waals surface area contributed by atoms with Gasteiger partial charge in [0, 0.05) is 10.2 Å². The number of hydrazone groups is 1. The summed E-state index contributed by atoms with van der Waals surface area (Å²) in [4.78, 5) is 36.8. The van der Waals surface area contributed by atoms with Gasteiger partial charge in [0.1, 0.15) is 5.82 Å². The van der Waals surface area contributed by atoms with E-state index in [1.54, 1.807) is 36.4 Å². The number of amides is 3. The minimum Gasteiger partial charge on any atom is -0.322 e. The third kappa shape index (κ3) is 6.31. The molecule has 3 aromatic carbocycles. The molecule has 0 spiro atoms. The normalized spacial score (nSPS) is 10.5. The lowest BCUT2D eigenvalue weighted by atomic mass is 10.1. The minimum atomic E-state index is -1.03. The van der Waals surface area contributed by atoms with Crippen molar-refractivity contribution in [3.05, 3.63) is 94.2 Å². The van der Waals surface area contributed by atoms with Gasteiger partial charge in [-0.05, 0) is 54.1 Å². The molecule has 0 saturated heterocycles. The van der Waals surface area contributed by atoms with Crippen molar-refractivity contribution in [3.63, 3.8) is 0 Å². The van der Waals surface area contributed by atoms with Gasteiger partial charge in [-0.1, -0.05) is 40.2 Å². The van der Waals surface area contributed by atoms with Crippen LogP contribution in [0.5, 0.6) is 0 Å². The lowest BCUT2D eigenvalue weighted by Gasteiger charge is -2.11. The van der Waals surface area contributed by atoms with E-state index in [0.717, 1.165) is 4.47 Å². The zero-order valence-electron chi connectivity index (χ0n) is 15.9. The molecular formula is C22H16BrFN4O3. The number of nitrogens with zero attached hydrogens (tertiary/aromatic N) is 1. The van der Waals surface area contributed by atoms with Crippen LogP contribution in [0.1, 0.15) is 15.9 Å². The van der Waals surface area contributed by atoms with Crippen LogP contribution in [0.4, 0.5) is 15.8 Å². The molecule has 0 fully saturated rings. The highest BCUT2D eigenvalue weighted by Gasteiger charge is 2.17. The summed E-state index contributed by atoms with van der Waals surface area (Å²) in [5.41, 5.74) is 3.54. The zero-order chi connectivity index (χ0) is 22.2. The number of hydrogen-bond acceptors (Lipinski definition) is 4. The molecule has 0 aliphatic rings. The van der Waals surface area contributed by atoms with Gasteiger partial charge < -0.3 is 10.6 Å². The third-order valence-electron chi connectivity index (χ3n) is 3.98. The number of anilines is 2. The Hall–Kier alpha value is -3.85. The predicted molar refractivity (Wildman–Crippen MR) is 119 cm³/mol. The summed E-state index contributed by atoms with van der Waals surface area (Å²) in [6.07, 6.45) is 1.27. The molecule has 0 aliphatic carbocycles. The van der Waals surface area contributed by atoms with E-state index in [1.807, 2.05) is 0 Å². The van der Waals surface area contributed by atoms with Gasteiger partial charge >= 0.3 is 11.8 Å². The highest BCUT2D eigenvalue weighted by atomic mass is 79.9. The number of para-hydroxylation sites is 1. The topological polar surface area (TPSA) is 99.7 Å². The maximum atomic E-state index is 12.9. The quantitative estimate of drug-likeness (QED) is 0.291. The average molecular weight is 483 g/mol. The summed E-state index contributed by atoms with van der Waals surface area (Å²) in [6.45, 7) is 0. The molecule has 31 heavy (non-hydrogen) atoms. The first kappa shape index (κ1) is 21.8. The number of benzene rings is 3. The van der Waals surface area contributed by atoms with E-state index in [9.17, 15) is 18.8 Å². The highest BCUT2D eigenvalue weighted by Crippen LogP contribution is 2.19. The van der Waals surface area contributed by atoms with Gasteiger partial charge in [-0.15, -0.1) is 0 Å². The largest absolute Gasteiger partial charge is 0.329 e. The van der Waals surface area contributed by atoms with Crippen LogP contribution in [-0.4, -0.2) is 23.9 Å². The van der Waals surface area contributed by atoms with E-state index in [0.29, 0.717) is 11.3 Å². The summed E-state index contributed by atoms with van der Waals surface area (Å²) < 4.78 is 13.7. The number of hydrogen-bond donors (Lipinski definition) is 3. The van der Waals surface area contributed by atoms with Gasteiger partial charge in [0.2, 0.25) is 0 Å². The minimum absolute atomic E-state index is 0.166. The summed E-state index contributed by atoms with van der Waals surface area (Å²) in [5.74, 6) is -2.88. The monoisotopic (exact) mass is 482 g/mol. The van der Waals surface area contributed by atoms with Crippen LogP contribution in [-0.2, 0) is 9.59 Å². The molecule has 156 valence electrons. The maximum Gasteiger partial charge on any atom is 0.329 e. The van der Waals surface area contributed by atoms with Crippen molar-refractivity contribution in [2.45, 2.75) is 0 Å². The highest BCUT2D eigenvalue weighted by molar-refractivity contribution is 9.10. The van der Waals surface area contributed by atoms with Gasteiger partial charge in [0.25, 0.3) is 5.91 Å². The summed E-state index contributed by atoms with van der Waals surface area (Å²) >= 11 is 3.32. The van der Waals surface area contributed by atoms with Crippen molar-refractivity contribution in [1.82, 2.24) is 5.43 Å². The van der Waals surface area contributed by atoms with Crippen LogP contribution in [0, 0.1) is 5.82 Å². The SMILES string of the molecule is O=C(NN=Cc1ccc(F)cc1)C(=O)Nc1ccccc1C(=O)Nc1ccc(Br)cc1. The smallest absolute Gasteiger partial charge is 0.322 e. The van der Waals surface area contributed by atoms with Crippen molar-refractivity contribution < 1.29 is 18.8 Å². The first-order chi connectivity index (χ1) is 14.9. The van der Waals surface area contributed by atoms with Crippen molar-refractivity contribution in [1.29, 1.82) is 0 Å². The average Bonchev–Trinajstić information content (AvgIpc) is 2.77. The van der Waals surface area contributed by atoms with E-state index < -0.39 is 23.5 Å². The predicted octanol–water partition coefficient (Wildman–Crippen LogP) is 3.93. The zero-order valence-corrected chi connectivity index (χ0v) is 17.5. The van der Waals surface area contributed by atoms with Crippen molar-refractivity contribution in [3.8, 4) is 0 Å². The second-order valence-corrected chi connectivity index (χ2v) is 7.13. The van der Waals surface area contributed by atoms with Crippen LogP contribution < -0.4 is 16.1 Å². The Labute approximate surface area is 185 Å². The van der Waals surface area contributed by atoms with E-state index >= 15 is 0 Å². The molecule has 0 unspecified atom stereocenters. The number of carbonyl (C=O) groups is 3. The molecular weight excluding hydrogens is 467 g/mol. The Morgan fingerprint density at radius 1 is 0.839 bits per heavy atom. The second kappa shape index (κ2) is 10.3. The van der Waals surface area contributed by atoms with E-state index in [1.165, 1.54) is 42.6 Å². The molecule has 0 atom stereocenters. The molecule has 7 nitrogen and oxygen atoms in total. The Balaban J connectivity index is 1.63. The fourth-order valence-electron chi connectivity index (χ4n) is 2.47. The van der Waals surface area contributed by atoms with Crippen LogP contribution >= 0.6 is 15.9 Å². The van der Waals surface area contributed by atoms with Gasteiger partial charge in [-0.25, -0.2) is 9.82 Å². The summed E-state index contributed by atoms with van der Waals surface area (Å²) in [6, 6.07) is 18.7. The number of carbonyl (C=O) groups excluding carboxylic acids is 3. The van der Waals surface area contributed by atoms with Gasteiger partial charge in [-0.3, -0.25) is 14.4 Å². The number of rotatable bonds is 5. The molecule has 9 heteroatoms. The fraction of sp³-hybridized carbons (Fsp3) is 0. The van der Waals surface area contributed by atoms with Crippen LogP contribution in [0.25, 0.3) is 0 Å². The van der Waals surface area contributed by atoms with E-state index in [2.05, 4.69) is 37.1 Å². The molecule has 0 bridgehead atoms. The second-order valence-electron chi connectivity index (χ2n) is 6.21. The lowest BCUT2D eigenvalue weighted by Crippen LogP contribution is -2.33. The molecule has 0 radical (unpaired) electrons. The van der Waals surface area contributed by atoms with Crippen molar-refractivity contribution >= 4 is 51.2 Å².